The molecule has 0 aliphatic carbocycles. The number of amides is 1. The Hall–Kier alpha value is -2.94. The van der Waals surface area contributed by atoms with E-state index in [4.69, 9.17) is 9.15 Å². The van der Waals surface area contributed by atoms with E-state index in [1.807, 2.05) is 25.1 Å². The van der Waals surface area contributed by atoms with Crippen molar-refractivity contribution in [2.45, 2.75) is 6.92 Å². The number of benzene rings is 1. The summed E-state index contributed by atoms with van der Waals surface area (Å²) in [6, 6.07) is 7.98. The second kappa shape index (κ2) is 6.28. The number of nitro groups is 1. The van der Waals surface area contributed by atoms with Crippen LogP contribution in [-0.4, -0.2) is 22.0 Å². The van der Waals surface area contributed by atoms with Crippen LogP contribution in [0.25, 0.3) is 10.2 Å². The number of ether oxygens (including phenoxy) is 1. The molecule has 0 aliphatic rings. The van der Waals surface area contributed by atoms with Crippen LogP contribution in [0.4, 0.5) is 5.88 Å². The van der Waals surface area contributed by atoms with Crippen LogP contribution in [0.15, 0.2) is 39.7 Å². The predicted molar refractivity (Wildman–Crippen MR) is 87.2 cm³/mol. The molecule has 0 atom stereocenters. The summed E-state index contributed by atoms with van der Waals surface area (Å²) < 4.78 is 13.0. The van der Waals surface area contributed by atoms with Crippen molar-refractivity contribution in [1.82, 2.24) is 4.57 Å². The molecular formula is C15H13N3O5S. The van der Waals surface area contributed by atoms with Crippen LogP contribution in [0, 0.1) is 10.1 Å². The maximum Gasteiger partial charge on any atom is 0.433 e. The highest BCUT2D eigenvalue weighted by Gasteiger charge is 2.17. The number of furan rings is 1. The lowest BCUT2D eigenvalue weighted by Crippen LogP contribution is -2.13. The molecular weight excluding hydrogens is 334 g/mol. The van der Waals surface area contributed by atoms with Crippen LogP contribution in [0.3, 0.4) is 0 Å². The van der Waals surface area contributed by atoms with Crippen molar-refractivity contribution in [3.8, 4) is 5.75 Å². The summed E-state index contributed by atoms with van der Waals surface area (Å²) in [6.07, 6.45) is 0. The minimum absolute atomic E-state index is 0.172. The molecule has 2 heterocycles. The number of aromatic nitrogens is 1. The van der Waals surface area contributed by atoms with Crippen LogP contribution in [0.5, 0.6) is 5.75 Å². The van der Waals surface area contributed by atoms with Gasteiger partial charge in [-0.05, 0) is 31.2 Å². The highest BCUT2D eigenvalue weighted by molar-refractivity contribution is 7.16. The van der Waals surface area contributed by atoms with Gasteiger partial charge in [0.1, 0.15) is 10.7 Å². The zero-order valence-corrected chi connectivity index (χ0v) is 13.7. The van der Waals surface area contributed by atoms with E-state index in [0.717, 1.165) is 22.0 Å². The monoisotopic (exact) mass is 347 g/mol. The van der Waals surface area contributed by atoms with Gasteiger partial charge in [0.25, 0.3) is 0 Å². The fourth-order valence-corrected chi connectivity index (χ4v) is 3.21. The first-order valence-electron chi connectivity index (χ1n) is 7.05. The van der Waals surface area contributed by atoms with E-state index < -0.39 is 16.7 Å². The summed E-state index contributed by atoms with van der Waals surface area (Å²) in [7, 11) is 1.79. The van der Waals surface area contributed by atoms with E-state index in [0.29, 0.717) is 11.4 Å². The van der Waals surface area contributed by atoms with E-state index in [1.54, 1.807) is 11.6 Å². The summed E-state index contributed by atoms with van der Waals surface area (Å²) in [5.74, 6) is -0.591. The van der Waals surface area contributed by atoms with Crippen molar-refractivity contribution in [2.75, 3.05) is 6.61 Å². The minimum Gasteiger partial charge on any atom is -0.494 e. The second-order valence-electron chi connectivity index (χ2n) is 4.82. The molecule has 0 N–H and O–H groups in total. The van der Waals surface area contributed by atoms with Crippen LogP contribution in [0.2, 0.25) is 0 Å². The molecule has 0 fully saturated rings. The maximum atomic E-state index is 12.1. The summed E-state index contributed by atoms with van der Waals surface area (Å²) in [5.41, 5.74) is 0.903. The number of aryl methyl sites for hydroxylation is 1. The van der Waals surface area contributed by atoms with Crippen LogP contribution in [0.1, 0.15) is 17.5 Å². The number of nitrogens with zero attached hydrogens (tertiary/aromatic N) is 3. The van der Waals surface area contributed by atoms with Crippen molar-refractivity contribution >= 4 is 33.3 Å². The molecule has 3 rings (SSSR count). The van der Waals surface area contributed by atoms with Gasteiger partial charge < -0.3 is 13.7 Å². The smallest absolute Gasteiger partial charge is 0.433 e. The lowest BCUT2D eigenvalue weighted by molar-refractivity contribution is -0.402. The van der Waals surface area contributed by atoms with Crippen molar-refractivity contribution in [2.24, 2.45) is 12.0 Å². The average Bonchev–Trinajstić information content (AvgIpc) is 3.14. The molecule has 0 radical (unpaired) electrons. The third-order valence-corrected chi connectivity index (χ3v) is 4.37. The zero-order valence-electron chi connectivity index (χ0n) is 12.9. The van der Waals surface area contributed by atoms with Gasteiger partial charge in [0.15, 0.2) is 4.80 Å². The van der Waals surface area contributed by atoms with Crippen LogP contribution in [-0.2, 0) is 7.05 Å². The second-order valence-corrected chi connectivity index (χ2v) is 5.83. The molecule has 3 aromatic rings. The third-order valence-electron chi connectivity index (χ3n) is 3.27. The average molecular weight is 347 g/mol. The summed E-state index contributed by atoms with van der Waals surface area (Å²) in [4.78, 5) is 26.5. The Balaban J connectivity index is 2.00. The number of carbonyl (C=O) groups excluding carboxylic acids is 1. The van der Waals surface area contributed by atoms with E-state index in [-0.39, 0.29) is 5.76 Å². The van der Waals surface area contributed by atoms with E-state index in [1.165, 1.54) is 17.4 Å². The van der Waals surface area contributed by atoms with Gasteiger partial charge >= 0.3 is 11.8 Å². The molecule has 9 heteroatoms. The Kier molecular flexibility index (Phi) is 4.17. The molecule has 24 heavy (non-hydrogen) atoms. The predicted octanol–water partition coefficient (Wildman–Crippen LogP) is 2.88. The van der Waals surface area contributed by atoms with Crippen molar-refractivity contribution in [3.05, 3.63) is 51.0 Å². The van der Waals surface area contributed by atoms with Gasteiger partial charge in [-0.3, -0.25) is 14.9 Å². The number of carbonyl (C=O) groups is 1. The Morgan fingerprint density at radius 1 is 1.42 bits per heavy atom. The summed E-state index contributed by atoms with van der Waals surface area (Å²) in [6.45, 7) is 2.47. The highest BCUT2D eigenvalue weighted by atomic mass is 32.1. The summed E-state index contributed by atoms with van der Waals surface area (Å²) >= 11 is 1.32. The Labute approximate surface area is 139 Å². The molecule has 0 spiro atoms. The van der Waals surface area contributed by atoms with E-state index in [2.05, 4.69) is 4.99 Å². The Bertz CT molecular complexity index is 998. The van der Waals surface area contributed by atoms with E-state index in [9.17, 15) is 14.9 Å². The number of thiazole rings is 1. The SMILES string of the molecule is CCOc1ccc2c(c1)sc(=NC(=O)c1ccc([N+](=O)[O-])o1)n2C. The topological polar surface area (TPSA) is 99.9 Å². The maximum absolute atomic E-state index is 12.1. The zero-order chi connectivity index (χ0) is 17.3. The fourth-order valence-electron chi connectivity index (χ4n) is 2.16. The lowest BCUT2D eigenvalue weighted by Gasteiger charge is -2.02. The first-order chi connectivity index (χ1) is 11.5. The molecule has 0 saturated carbocycles. The number of hydrogen-bond donors (Lipinski definition) is 0. The molecule has 1 amide bonds. The van der Waals surface area contributed by atoms with Gasteiger partial charge in [-0.25, -0.2) is 0 Å². The van der Waals surface area contributed by atoms with Crippen molar-refractivity contribution in [3.63, 3.8) is 0 Å². The first kappa shape index (κ1) is 15.9. The lowest BCUT2D eigenvalue weighted by atomic mass is 10.3. The number of hydrogen-bond acceptors (Lipinski definition) is 6. The van der Waals surface area contributed by atoms with Gasteiger partial charge in [-0.2, -0.15) is 4.99 Å². The van der Waals surface area contributed by atoms with Crippen LogP contribution >= 0.6 is 11.3 Å². The molecule has 0 bridgehead atoms. The summed E-state index contributed by atoms with van der Waals surface area (Å²) in [5, 5.41) is 10.6. The number of rotatable bonds is 4. The molecule has 8 nitrogen and oxygen atoms in total. The van der Waals surface area contributed by atoms with Gasteiger partial charge in [-0.15, -0.1) is 0 Å². The Morgan fingerprint density at radius 3 is 2.88 bits per heavy atom. The minimum atomic E-state index is -0.703. The molecule has 1 aromatic carbocycles. The fraction of sp³-hybridized carbons (Fsp3) is 0.200. The van der Waals surface area contributed by atoms with Gasteiger partial charge in [0.2, 0.25) is 5.76 Å². The molecule has 0 saturated heterocycles. The highest BCUT2D eigenvalue weighted by Crippen LogP contribution is 2.23. The quantitative estimate of drug-likeness (QED) is 0.533. The molecule has 124 valence electrons. The van der Waals surface area contributed by atoms with E-state index >= 15 is 0 Å². The molecule has 0 aliphatic heterocycles. The van der Waals surface area contributed by atoms with Gasteiger partial charge in [0.05, 0.1) is 22.9 Å². The van der Waals surface area contributed by atoms with Crippen molar-refractivity contribution in [1.29, 1.82) is 0 Å². The standard InChI is InChI=1S/C15H13N3O5S/c1-3-22-9-4-5-10-12(8-9)24-15(17(10)2)16-14(19)11-6-7-13(23-11)18(20)21/h4-8H,3H2,1-2H3. The third kappa shape index (κ3) is 2.93. The van der Waals surface area contributed by atoms with Crippen molar-refractivity contribution < 1.29 is 18.9 Å². The van der Waals surface area contributed by atoms with Gasteiger partial charge in [0, 0.05) is 7.05 Å². The van der Waals surface area contributed by atoms with Crippen LogP contribution < -0.4 is 9.54 Å². The Morgan fingerprint density at radius 2 is 2.21 bits per heavy atom. The molecule has 2 aromatic heterocycles. The number of fused-ring (bicyclic) bond motifs is 1. The first-order valence-corrected chi connectivity index (χ1v) is 7.87. The largest absolute Gasteiger partial charge is 0.494 e. The molecule has 0 unspecified atom stereocenters. The normalized spacial score (nSPS) is 11.8. The van der Waals surface area contributed by atoms with Gasteiger partial charge in [-0.1, -0.05) is 11.3 Å².